The summed E-state index contributed by atoms with van der Waals surface area (Å²) in [7, 11) is 19.0. The van der Waals surface area contributed by atoms with Crippen molar-refractivity contribution in [2.24, 2.45) is 56.3 Å². The fourth-order valence-corrected chi connectivity index (χ4v) is 14.8. The largest absolute Gasteiger partial charge is 0.481 e. The maximum atomic E-state index is 13.6. The van der Waals surface area contributed by atoms with Crippen molar-refractivity contribution in [2.45, 2.75) is 402 Å². The summed E-state index contributed by atoms with van der Waals surface area (Å²) in [4.78, 5) is 193. The van der Waals surface area contributed by atoms with E-state index in [1.165, 1.54) is 43.1 Å². The van der Waals surface area contributed by atoms with Crippen molar-refractivity contribution in [2.75, 3.05) is 76.8 Å². The molecule has 0 saturated carbocycles. The maximum absolute atomic E-state index is 13.6. The Kier molecular flexibility index (Phi) is 82.0. The zero-order valence-corrected chi connectivity index (χ0v) is 97.0. The number of carbonyl (C=O) groups excluding carboxylic acids is 12. The molecule has 0 aromatic heterocycles. The van der Waals surface area contributed by atoms with Gasteiger partial charge in [-0.25, -0.2) is 14.4 Å². The fraction of sp³-hybridized carbons (Fsp3) is 0.784. The molecule has 0 fully saturated rings. The third kappa shape index (κ3) is 50.3. The molecule has 0 rings (SSSR count). The summed E-state index contributed by atoms with van der Waals surface area (Å²) in [5, 5.41) is 50.5. The van der Waals surface area contributed by atoms with Crippen LogP contribution in [0.4, 0.5) is 0 Å². The summed E-state index contributed by atoms with van der Waals surface area (Å²) in [6.07, 6.45) is 16.4. The molecule has 3 unspecified atom stereocenters. The number of carbonyl (C=O) groups is 16. The average molecular weight is 2060 g/mol. The number of hydrogen-bond donors (Lipinski definition) is 11. The predicted octanol–water partition coefficient (Wildman–Crippen LogP) is 13.7. The minimum atomic E-state index is -1.01. The smallest absolute Gasteiger partial charge is 0.333 e. The standard InChI is InChI=1S/C24H45N3O4.C22H41N3O4.C17H32N2O3.C9H17BNO3.C9H16BO3.C8H14BO3.C7H15NO2.C6H13NO2.2ClH/c1-12-24(13-2,25-10)22(30)26-19(23(7,8)9)20(28)27(11)18(16(4)5)15-17(6)21(29)31-14-3;1-11-22(12-2,23-9)20(29)24-17(21(6,7)8)18(26)25(10)16(14(3)4)13-15(5)19(27)28;1-9-22-16(21)12(4)10-13(11(2)3)19(8)15(20)14(18)17(5,6)7;1-5-9(6-2,8(13)14-4)11(3)10-7-12;1-4-9(5-2,6-10-7-11)8(12)13-3;1-3-8(4-2,7(11)12)5-9-6-10;1-4-7(5-2,8-3)6(9)10;1-3-6(7,4-2)5(8)9;;/h15-16,18-19,25H,12-14H2,1-11H3,(H,26,30);13-14,16-17,23H,11-12H2,1-10H3,(H,24,29)(H,27,28);10-11,13-14H,9,18H2,1-8H3;7H,5-6H2,1-4H3;7H,4-6H2,1-3H3;6H,3-5H2,1-2H3,(H,11,12);8H,4-5H2,1-3H3,(H,9,10);3-4,7H2,1-2H3,(H,8,9);2*1H/b17-15+;15-13+;12-10+;;;;;;;/t18-,19?;16-,17?;13-,14?;;;;;;;/m111......./s1. The van der Waals surface area contributed by atoms with E-state index in [0.717, 1.165) is 6.19 Å². The van der Waals surface area contributed by atoms with Crippen LogP contribution in [0.1, 0.15) is 325 Å². The second kappa shape index (κ2) is 75.6. The molecule has 0 aliphatic carbocycles. The number of ether oxygens (including phenoxy) is 4. The van der Waals surface area contributed by atoms with Crippen LogP contribution in [0.2, 0.25) is 12.6 Å². The van der Waals surface area contributed by atoms with Crippen LogP contribution in [0, 0.1) is 44.8 Å². The molecule has 0 spiro atoms. The van der Waals surface area contributed by atoms with Crippen LogP contribution in [0.5, 0.6) is 0 Å². The van der Waals surface area contributed by atoms with Gasteiger partial charge in [0.1, 0.15) is 28.7 Å². The molecule has 0 saturated heterocycles. The molecule has 40 heteroatoms. The fourth-order valence-electron chi connectivity index (χ4n) is 14.8. The van der Waals surface area contributed by atoms with Gasteiger partial charge in [-0.05, 0) is 187 Å². The van der Waals surface area contributed by atoms with Crippen LogP contribution in [-0.2, 0) is 95.7 Å². The molecule has 6 atom stereocenters. The second-order valence-electron chi connectivity index (χ2n) is 39.4. The van der Waals surface area contributed by atoms with E-state index in [1.807, 2.05) is 187 Å². The van der Waals surface area contributed by atoms with Crippen molar-refractivity contribution in [3.8, 4) is 0 Å². The first kappa shape index (κ1) is 154. The number of carboxylic acid groups (broad SMARTS) is 4. The van der Waals surface area contributed by atoms with E-state index in [0.29, 0.717) is 139 Å². The third-order valence-electron chi connectivity index (χ3n) is 26.9. The number of carboxylic acids is 4. The summed E-state index contributed by atoms with van der Waals surface area (Å²) in [5.41, 5.74) is 6.21. The van der Waals surface area contributed by atoms with Gasteiger partial charge < -0.3 is 111 Å². The SMILES string of the molecule is CCC(CC)(C(=O)OC)N(C)[B]C=O.CCC(CC)(C[B]C=O)C(=O)O.CCC(CC)(C[B]C=O)C(=O)OC.CCC(CC)(NC)C(=O)NC(C(=O)N(C)[C@H](/C=C(\C)C(=O)O)C(C)C)C(C)(C)C.CCC(CC)(NC)C(=O)O.CCC(N)(CC)C(=O)O.CCOC(=O)/C(C)=C/[C@H](C(C)C)N(C)C(=O)C(N)C(C)(C)C.CCOC(=O)/C(C)=C/[C@H](C(C)C)N(C)C(=O)C(NC(=O)C(CC)(CC)NC)C(C)(C)C.Cl.Cl. The highest BCUT2D eigenvalue weighted by Crippen LogP contribution is 2.35. The first-order valence-corrected chi connectivity index (χ1v) is 49.5. The van der Waals surface area contributed by atoms with E-state index in [2.05, 4.69) is 26.6 Å². The lowest BCUT2D eigenvalue weighted by Gasteiger charge is -2.39. The van der Waals surface area contributed by atoms with Crippen LogP contribution < -0.4 is 38.1 Å². The molecule has 142 heavy (non-hydrogen) atoms. The molecule has 825 valence electrons. The molecule has 0 aromatic rings. The van der Waals surface area contributed by atoms with Crippen LogP contribution in [-0.4, -0.2) is 298 Å². The number of aliphatic carboxylic acids is 4. The molecule has 0 aromatic carbocycles. The van der Waals surface area contributed by atoms with Crippen LogP contribution >= 0.6 is 24.8 Å². The summed E-state index contributed by atoms with van der Waals surface area (Å²) in [6, 6.07) is -2.96. The van der Waals surface area contributed by atoms with Crippen molar-refractivity contribution in [1.82, 2.24) is 46.1 Å². The van der Waals surface area contributed by atoms with Gasteiger partial charge >= 0.3 is 47.8 Å². The summed E-state index contributed by atoms with van der Waals surface area (Å²) in [5.74, 6) is -5.47. The predicted molar refractivity (Wildman–Crippen MR) is 577 cm³/mol. The Hall–Kier alpha value is -8.13. The highest BCUT2D eigenvalue weighted by Gasteiger charge is 2.46. The van der Waals surface area contributed by atoms with E-state index >= 15 is 0 Å². The lowest BCUT2D eigenvalue weighted by Crippen LogP contribution is -2.62. The lowest BCUT2D eigenvalue weighted by molar-refractivity contribution is -0.152. The average Bonchev–Trinajstić information content (AvgIpc) is 0.788. The first-order valence-electron chi connectivity index (χ1n) is 49.5. The Labute approximate surface area is 870 Å². The van der Waals surface area contributed by atoms with Gasteiger partial charge in [0, 0.05) is 37.9 Å². The summed E-state index contributed by atoms with van der Waals surface area (Å²) >= 11 is 0. The number of nitrogens with one attached hydrogen (secondary N) is 5. The highest BCUT2D eigenvalue weighted by atomic mass is 35.5. The Morgan fingerprint density at radius 2 is 0.676 bits per heavy atom. The number of nitrogens with two attached hydrogens (primary N) is 2. The Morgan fingerprint density at radius 3 is 0.859 bits per heavy atom. The number of hydrogen-bond acceptors (Lipinski definition) is 26. The number of rotatable bonds is 52. The van der Waals surface area contributed by atoms with Gasteiger partial charge in [-0.15, -0.1) is 24.8 Å². The third-order valence-corrected chi connectivity index (χ3v) is 26.9. The number of amides is 5. The summed E-state index contributed by atoms with van der Waals surface area (Å²) in [6.45, 7) is 64.7. The number of likely N-dealkylation sites (N-methyl/N-ethyl adjacent to an activating group) is 7. The van der Waals surface area contributed by atoms with Crippen LogP contribution in [0.15, 0.2) is 34.9 Å². The van der Waals surface area contributed by atoms with Crippen molar-refractivity contribution < 1.29 is 116 Å². The highest BCUT2D eigenvalue weighted by molar-refractivity contribution is 6.67. The van der Waals surface area contributed by atoms with E-state index in [4.69, 9.17) is 45.7 Å². The second-order valence-corrected chi connectivity index (χ2v) is 39.4. The quantitative estimate of drug-likeness (QED) is 0.00886. The van der Waals surface area contributed by atoms with Gasteiger partial charge in [-0.2, -0.15) is 0 Å². The van der Waals surface area contributed by atoms with Gasteiger partial charge in [0.05, 0.1) is 92.1 Å². The number of methoxy groups -OCH3 is 2. The molecule has 0 bridgehead atoms. The molecule has 0 aliphatic rings. The van der Waals surface area contributed by atoms with E-state index < -0.39 is 97.4 Å². The molecular formula is C102H195B3Cl2N11O24. The molecule has 5 amide bonds. The zero-order chi connectivity index (χ0) is 112. The molecule has 13 N–H and O–H groups in total. The van der Waals surface area contributed by atoms with Gasteiger partial charge in [0.25, 0.3) is 7.41 Å². The van der Waals surface area contributed by atoms with Crippen molar-refractivity contribution in [3.05, 3.63) is 34.9 Å². The van der Waals surface area contributed by atoms with E-state index in [9.17, 15) is 81.8 Å². The van der Waals surface area contributed by atoms with Crippen molar-refractivity contribution in [3.63, 3.8) is 0 Å². The summed E-state index contributed by atoms with van der Waals surface area (Å²) < 4.78 is 19.5. The number of nitrogens with zero attached hydrogens (tertiary/aromatic N) is 4. The molecule has 0 heterocycles. The van der Waals surface area contributed by atoms with Crippen LogP contribution in [0.3, 0.4) is 0 Å². The van der Waals surface area contributed by atoms with Crippen molar-refractivity contribution in [1.29, 1.82) is 0 Å². The van der Waals surface area contributed by atoms with E-state index in [1.54, 1.807) is 129 Å². The Morgan fingerprint density at radius 1 is 0.387 bits per heavy atom. The lowest BCUT2D eigenvalue weighted by atomic mass is 9.62. The Bertz CT molecular complexity index is 3800. The monoisotopic (exact) mass is 2060 g/mol. The molecule has 0 aliphatic heterocycles. The van der Waals surface area contributed by atoms with Crippen LogP contribution in [0.25, 0.3) is 0 Å². The van der Waals surface area contributed by atoms with Crippen molar-refractivity contribution >= 4 is 143 Å². The Balaban J connectivity index is -0.000000182. The maximum Gasteiger partial charge on any atom is 0.333 e. The number of halogens is 2. The zero-order valence-electron chi connectivity index (χ0n) is 95.3. The van der Waals surface area contributed by atoms with Gasteiger partial charge in [0.2, 0.25) is 29.5 Å². The minimum Gasteiger partial charge on any atom is -0.481 e. The number of esters is 4. The van der Waals surface area contributed by atoms with Gasteiger partial charge in [0.15, 0.2) is 14.6 Å². The topological polar surface area (TPSA) is 516 Å². The first-order chi connectivity index (χ1) is 64.4. The van der Waals surface area contributed by atoms with Gasteiger partial charge in [-0.3, -0.25) is 47.9 Å². The minimum absolute atomic E-state index is 0. The normalized spacial score (nSPS) is 13.2. The molecule has 35 nitrogen and oxygen atoms in total. The van der Waals surface area contributed by atoms with E-state index in [-0.39, 0.29) is 119 Å². The molecule has 3 radical (unpaired) electrons. The van der Waals surface area contributed by atoms with Gasteiger partial charge in [-0.1, -0.05) is 232 Å². The molecular weight excluding hydrogens is 1870 g/mol.